The second-order valence-electron chi connectivity index (χ2n) is 7.87. The molecule has 0 spiro atoms. The van der Waals surface area contributed by atoms with Crippen LogP contribution in [0.4, 0.5) is 0 Å². The van der Waals surface area contributed by atoms with Gasteiger partial charge in [-0.05, 0) is 67.2 Å². The van der Waals surface area contributed by atoms with Crippen LogP contribution >= 0.6 is 11.3 Å². The molecule has 4 nitrogen and oxygen atoms in total. The maximum Gasteiger partial charge on any atom is 0.213 e. The largest absolute Gasteiger partial charge is 0.489 e. The molecule has 0 N–H and O–H groups in total. The number of nitrogens with zero attached hydrogens (tertiary/aromatic N) is 2. The molecule has 1 saturated heterocycles. The summed E-state index contributed by atoms with van der Waals surface area (Å²) in [6.07, 6.45) is 4.52. The summed E-state index contributed by atoms with van der Waals surface area (Å²) in [5, 5.41) is 1.22. The minimum absolute atomic E-state index is 0.577. The number of hydrogen-bond acceptors (Lipinski definition) is 5. The fourth-order valence-corrected chi connectivity index (χ4v) is 4.96. The molecular formula is C26H26N2O2S. The predicted molar refractivity (Wildman–Crippen MR) is 127 cm³/mol. The lowest BCUT2D eigenvalue weighted by molar-refractivity contribution is 0.232. The third-order valence-electron chi connectivity index (χ3n) is 5.62. The lowest BCUT2D eigenvalue weighted by atomic mass is 10.2. The molecule has 0 amide bonds. The van der Waals surface area contributed by atoms with Crippen molar-refractivity contribution >= 4 is 21.4 Å². The zero-order valence-electron chi connectivity index (χ0n) is 17.5. The van der Waals surface area contributed by atoms with Crippen LogP contribution in [0.1, 0.15) is 18.4 Å². The quantitative estimate of drug-likeness (QED) is 0.342. The van der Waals surface area contributed by atoms with Gasteiger partial charge in [-0.3, -0.25) is 4.90 Å². The zero-order valence-corrected chi connectivity index (χ0v) is 18.3. The van der Waals surface area contributed by atoms with Crippen molar-refractivity contribution < 1.29 is 9.47 Å². The number of likely N-dealkylation sites (tertiary alicyclic amines) is 1. The molecule has 0 aliphatic carbocycles. The molecule has 2 aromatic heterocycles. The Balaban J connectivity index is 1.22. The Morgan fingerprint density at radius 2 is 1.77 bits per heavy atom. The van der Waals surface area contributed by atoms with Crippen molar-refractivity contribution in [1.82, 2.24) is 9.88 Å². The molecule has 158 valence electrons. The van der Waals surface area contributed by atoms with E-state index in [9.17, 15) is 0 Å². The van der Waals surface area contributed by atoms with Gasteiger partial charge in [-0.15, -0.1) is 11.3 Å². The van der Waals surface area contributed by atoms with E-state index in [1.54, 1.807) is 11.3 Å². The Kier molecular flexibility index (Phi) is 6.14. The summed E-state index contributed by atoms with van der Waals surface area (Å²) < 4.78 is 13.0. The van der Waals surface area contributed by atoms with Crippen molar-refractivity contribution in [2.45, 2.75) is 19.4 Å². The van der Waals surface area contributed by atoms with E-state index >= 15 is 0 Å². The Labute approximate surface area is 187 Å². The third kappa shape index (κ3) is 5.06. The molecule has 1 aliphatic rings. The van der Waals surface area contributed by atoms with Gasteiger partial charge in [0.25, 0.3) is 0 Å². The maximum atomic E-state index is 5.98. The van der Waals surface area contributed by atoms with Gasteiger partial charge in [0.15, 0.2) is 0 Å². The first-order chi connectivity index (χ1) is 15.3. The molecule has 5 heteroatoms. The van der Waals surface area contributed by atoms with Gasteiger partial charge in [0, 0.05) is 33.9 Å². The number of pyridine rings is 1. The number of hydrogen-bond donors (Lipinski definition) is 0. The maximum absolute atomic E-state index is 5.98. The summed E-state index contributed by atoms with van der Waals surface area (Å²) in [4.78, 5) is 8.16. The molecule has 0 saturated carbocycles. The van der Waals surface area contributed by atoms with Crippen LogP contribution in [-0.2, 0) is 6.61 Å². The van der Waals surface area contributed by atoms with Crippen LogP contribution in [-0.4, -0.2) is 36.1 Å². The van der Waals surface area contributed by atoms with Gasteiger partial charge in [-0.25, -0.2) is 4.98 Å². The van der Waals surface area contributed by atoms with Gasteiger partial charge in [-0.2, -0.15) is 0 Å². The first kappa shape index (κ1) is 20.0. The van der Waals surface area contributed by atoms with E-state index in [-0.39, 0.29) is 0 Å². The molecule has 3 heterocycles. The second kappa shape index (κ2) is 9.50. The predicted octanol–water partition coefficient (Wildman–Crippen LogP) is 6.02. The van der Waals surface area contributed by atoms with E-state index in [1.165, 1.54) is 46.5 Å². The molecular weight excluding hydrogens is 404 g/mol. The summed E-state index contributed by atoms with van der Waals surface area (Å²) >= 11 is 1.76. The van der Waals surface area contributed by atoms with Crippen LogP contribution in [0.2, 0.25) is 0 Å². The highest BCUT2D eigenvalue weighted by atomic mass is 32.1. The van der Waals surface area contributed by atoms with Crippen LogP contribution in [0, 0.1) is 0 Å². The molecule has 31 heavy (non-hydrogen) atoms. The minimum Gasteiger partial charge on any atom is -0.489 e. The lowest BCUT2D eigenvalue weighted by Crippen LogP contribution is -2.25. The van der Waals surface area contributed by atoms with Crippen LogP contribution < -0.4 is 9.47 Å². The Hall–Kier alpha value is -2.89. The van der Waals surface area contributed by atoms with Crippen molar-refractivity contribution in [1.29, 1.82) is 0 Å². The van der Waals surface area contributed by atoms with Gasteiger partial charge < -0.3 is 9.47 Å². The number of thiophene rings is 1. The number of ether oxygens (including phenoxy) is 2. The normalized spacial score (nSPS) is 14.2. The molecule has 0 unspecified atom stereocenters. The molecule has 1 aliphatic heterocycles. The molecule has 0 radical (unpaired) electrons. The molecule has 0 bridgehead atoms. The van der Waals surface area contributed by atoms with E-state index < -0.39 is 0 Å². The van der Waals surface area contributed by atoms with Gasteiger partial charge in [0.05, 0.1) is 0 Å². The standard InChI is InChI=1S/C26H26N2O2S/c1-2-6-20(7-3-1)19-30-23-10-8-21-16-24(31-25(21)17-23)22-9-11-26(27-18-22)29-15-14-28-12-4-5-13-28/h1-3,6-11,16-18H,4-5,12-15,19H2. The zero-order chi connectivity index (χ0) is 20.9. The van der Waals surface area contributed by atoms with Crippen LogP contribution in [0.5, 0.6) is 11.6 Å². The van der Waals surface area contributed by atoms with Crippen LogP contribution in [0.3, 0.4) is 0 Å². The first-order valence-corrected chi connectivity index (χ1v) is 11.7. The molecule has 0 atom stereocenters. The number of benzene rings is 2. The summed E-state index contributed by atoms with van der Waals surface area (Å²) in [5.41, 5.74) is 2.28. The summed E-state index contributed by atoms with van der Waals surface area (Å²) in [6, 6.07) is 22.8. The smallest absolute Gasteiger partial charge is 0.213 e. The van der Waals surface area contributed by atoms with E-state index in [0.717, 1.165) is 17.9 Å². The topological polar surface area (TPSA) is 34.6 Å². The Bertz CT molecular complexity index is 1120. The molecule has 1 fully saturated rings. The van der Waals surface area contributed by atoms with Crippen molar-refractivity contribution in [3.8, 4) is 22.1 Å². The van der Waals surface area contributed by atoms with Crippen molar-refractivity contribution in [2.24, 2.45) is 0 Å². The fraction of sp³-hybridized carbons (Fsp3) is 0.269. The highest BCUT2D eigenvalue weighted by Gasteiger charge is 2.11. The van der Waals surface area contributed by atoms with Crippen molar-refractivity contribution in [2.75, 3.05) is 26.2 Å². The van der Waals surface area contributed by atoms with Gasteiger partial charge in [-0.1, -0.05) is 30.3 Å². The summed E-state index contributed by atoms with van der Waals surface area (Å²) in [7, 11) is 0. The minimum atomic E-state index is 0.577. The SMILES string of the molecule is c1ccc(COc2ccc3cc(-c4ccc(OCCN5CCCC5)nc4)sc3c2)cc1. The third-order valence-corrected chi connectivity index (χ3v) is 6.76. The van der Waals surface area contributed by atoms with E-state index in [4.69, 9.17) is 9.47 Å². The van der Waals surface area contributed by atoms with Crippen LogP contribution in [0.25, 0.3) is 20.5 Å². The number of fused-ring (bicyclic) bond motifs is 1. The highest BCUT2D eigenvalue weighted by molar-refractivity contribution is 7.22. The van der Waals surface area contributed by atoms with Gasteiger partial charge in [0.2, 0.25) is 5.88 Å². The van der Waals surface area contributed by atoms with E-state index in [2.05, 4.69) is 46.3 Å². The lowest BCUT2D eigenvalue weighted by Gasteiger charge is -2.14. The van der Waals surface area contributed by atoms with Crippen molar-refractivity contribution in [3.63, 3.8) is 0 Å². The van der Waals surface area contributed by atoms with E-state index in [1.807, 2.05) is 36.5 Å². The van der Waals surface area contributed by atoms with Gasteiger partial charge >= 0.3 is 0 Å². The average molecular weight is 431 g/mol. The molecule has 4 aromatic rings. The Morgan fingerprint density at radius 1 is 0.903 bits per heavy atom. The van der Waals surface area contributed by atoms with E-state index in [0.29, 0.717) is 19.1 Å². The summed E-state index contributed by atoms with van der Waals surface area (Å²) in [6.45, 7) is 4.64. The number of rotatable bonds is 8. The van der Waals surface area contributed by atoms with Crippen molar-refractivity contribution in [3.05, 3.63) is 78.5 Å². The number of aromatic nitrogens is 1. The molecule has 5 rings (SSSR count). The highest BCUT2D eigenvalue weighted by Crippen LogP contribution is 2.35. The molecule has 2 aromatic carbocycles. The second-order valence-corrected chi connectivity index (χ2v) is 8.95. The summed E-state index contributed by atoms with van der Waals surface area (Å²) in [5.74, 6) is 1.59. The monoisotopic (exact) mass is 430 g/mol. The van der Waals surface area contributed by atoms with Crippen LogP contribution in [0.15, 0.2) is 72.9 Å². The Morgan fingerprint density at radius 3 is 2.58 bits per heavy atom. The van der Waals surface area contributed by atoms with Gasteiger partial charge in [0.1, 0.15) is 19.0 Å². The fourth-order valence-electron chi connectivity index (χ4n) is 3.88. The first-order valence-electron chi connectivity index (χ1n) is 10.9. The average Bonchev–Trinajstić information content (AvgIpc) is 3.48.